The Hall–Kier alpha value is -2.95. The third kappa shape index (κ3) is 2.29. The average Bonchev–Trinajstić information content (AvgIpc) is 2.47. The van der Waals surface area contributed by atoms with Gasteiger partial charge in [-0.2, -0.15) is 0 Å². The van der Waals surface area contributed by atoms with Crippen LogP contribution >= 0.6 is 0 Å². The highest BCUT2D eigenvalue weighted by Gasteiger charge is 2.11. The zero-order valence-corrected chi connectivity index (χ0v) is 11.4. The Bertz CT molecular complexity index is 913. The molecule has 0 radical (unpaired) electrons. The van der Waals surface area contributed by atoms with Crippen molar-refractivity contribution < 1.29 is 4.79 Å². The van der Waals surface area contributed by atoms with Crippen LogP contribution in [0.15, 0.2) is 47.5 Å². The van der Waals surface area contributed by atoms with Gasteiger partial charge in [-0.25, -0.2) is 0 Å². The predicted octanol–water partition coefficient (Wildman–Crippen LogP) is 2.00. The van der Waals surface area contributed by atoms with E-state index in [4.69, 9.17) is 5.73 Å². The van der Waals surface area contributed by atoms with E-state index in [0.29, 0.717) is 5.56 Å². The summed E-state index contributed by atoms with van der Waals surface area (Å²) in [6.07, 6.45) is 3.08. The standard InChI is InChI=1S/C16H13N3O2/c1-9-6-15(20)19-14-3-2-10(7-12(9)14)11-4-5-18-8-13(11)16(17)21/h2-8H,1H3,(H2,17,21)(H,19,20). The Morgan fingerprint density at radius 1 is 1.24 bits per heavy atom. The number of pyridine rings is 2. The minimum atomic E-state index is -0.517. The second-order valence-corrected chi connectivity index (χ2v) is 4.86. The second kappa shape index (κ2) is 4.86. The molecular weight excluding hydrogens is 266 g/mol. The number of fused-ring (bicyclic) bond motifs is 1. The molecule has 2 aromatic heterocycles. The van der Waals surface area contributed by atoms with E-state index in [2.05, 4.69) is 9.97 Å². The Morgan fingerprint density at radius 3 is 2.81 bits per heavy atom. The number of nitrogens with two attached hydrogens (primary N) is 1. The number of primary amides is 1. The van der Waals surface area contributed by atoms with Crippen molar-refractivity contribution in [2.45, 2.75) is 6.92 Å². The van der Waals surface area contributed by atoms with Crippen molar-refractivity contribution in [3.8, 4) is 11.1 Å². The number of hydrogen-bond acceptors (Lipinski definition) is 3. The number of amides is 1. The summed E-state index contributed by atoms with van der Waals surface area (Å²) < 4.78 is 0. The molecule has 0 spiro atoms. The number of carbonyl (C=O) groups is 1. The van der Waals surface area contributed by atoms with E-state index in [1.807, 2.05) is 25.1 Å². The third-order valence-corrected chi connectivity index (χ3v) is 3.45. The molecule has 3 N–H and O–H groups in total. The van der Waals surface area contributed by atoms with E-state index in [1.165, 1.54) is 6.20 Å². The number of hydrogen-bond donors (Lipinski definition) is 2. The lowest BCUT2D eigenvalue weighted by Crippen LogP contribution is -2.12. The van der Waals surface area contributed by atoms with Crippen LogP contribution in [0.3, 0.4) is 0 Å². The van der Waals surface area contributed by atoms with Gasteiger partial charge in [-0.15, -0.1) is 0 Å². The highest BCUT2D eigenvalue weighted by molar-refractivity contribution is 6.00. The van der Waals surface area contributed by atoms with E-state index in [1.54, 1.807) is 18.3 Å². The second-order valence-electron chi connectivity index (χ2n) is 4.86. The van der Waals surface area contributed by atoms with Gasteiger partial charge in [0.25, 0.3) is 5.91 Å². The fourth-order valence-corrected chi connectivity index (χ4v) is 2.43. The predicted molar refractivity (Wildman–Crippen MR) is 81.1 cm³/mol. The minimum absolute atomic E-state index is 0.130. The van der Waals surface area contributed by atoms with Crippen molar-refractivity contribution in [1.82, 2.24) is 9.97 Å². The molecule has 2 heterocycles. The number of H-pyrrole nitrogens is 1. The number of aromatic nitrogens is 2. The van der Waals surface area contributed by atoms with Crippen LogP contribution in [0.4, 0.5) is 0 Å². The van der Waals surface area contributed by atoms with E-state index in [9.17, 15) is 9.59 Å². The van der Waals surface area contributed by atoms with Gasteiger partial charge in [0, 0.05) is 29.4 Å². The van der Waals surface area contributed by atoms with Gasteiger partial charge in [0.1, 0.15) is 0 Å². The first-order valence-electron chi connectivity index (χ1n) is 6.44. The fourth-order valence-electron chi connectivity index (χ4n) is 2.43. The van der Waals surface area contributed by atoms with Crippen molar-refractivity contribution in [1.29, 1.82) is 0 Å². The summed E-state index contributed by atoms with van der Waals surface area (Å²) in [4.78, 5) is 29.7. The molecule has 5 heteroatoms. The lowest BCUT2D eigenvalue weighted by Gasteiger charge is -2.08. The number of carbonyl (C=O) groups excluding carboxylic acids is 1. The molecule has 0 saturated heterocycles. The topological polar surface area (TPSA) is 88.8 Å². The number of nitrogens with one attached hydrogen (secondary N) is 1. The van der Waals surface area contributed by atoms with Crippen LogP contribution in [0.25, 0.3) is 22.0 Å². The summed E-state index contributed by atoms with van der Waals surface area (Å²) in [5.41, 5.74) is 8.86. The molecule has 0 aliphatic rings. The molecule has 0 aliphatic carbocycles. The van der Waals surface area contributed by atoms with E-state index >= 15 is 0 Å². The molecule has 0 atom stereocenters. The highest BCUT2D eigenvalue weighted by Crippen LogP contribution is 2.26. The molecule has 3 rings (SSSR count). The van der Waals surface area contributed by atoms with Gasteiger partial charge in [0.05, 0.1) is 5.56 Å². The van der Waals surface area contributed by atoms with Gasteiger partial charge in [-0.1, -0.05) is 6.07 Å². The van der Waals surface area contributed by atoms with Crippen LogP contribution < -0.4 is 11.3 Å². The summed E-state index contributed by atoms with van der Waals surface area (Å²) in [5, 5.41) is 0.930. The Morgan fingerprint density at radius 2 is 2.05 bits per heavy atom. The van der Waals surface area contributed by atoms with Gasteiger partial charge in [0.2, 0.25) is 5.56 Å². The van der Waals surface area contributed by atoms with Crippen molar-refractivity contribution >= 4 is 16.8 Å². The maximum atomic E-state index is 11.5. The highest BCUT2D eigenvalue weighted by atomic mass is 16.1. The van der Waals surface area contributed by atoms with Crippen LogP contribution in [0, 0.1) is 6.92 Å². The Kier molecular flexibility index (Phi) is 3.02. The monoisotopic (exact) mass is 279 g/mol. The third-order valence-electron chi connectivity index (χ3n) is 3.45. The molecule has 1 aromatic carbocycles. The molecule has 1 amide bonds. The number of nitrogens with zero attached hydrogens (tertiary/aromatic N) is 1. The molecule has 21 heavy (non-hydrogen) atoms. The molecule has 0 unspecified atom stereocenters. The lowest BCUT2D eigenvalue weighted by molar-refractivity contribution is 0.100. The van der Waals surface area contributed by atoms with Crippen molar-refractivity contribution in [3.63, 3.8) is 0 Å². The first-order chi connectivity index (χ1) is 10.1. The van der Waals surface area contributed by atoms with Crippen molar-refractivity contribution in [2.75, 3.05) is 0 Å². The molecule has 3 aromatic rings. The smallest absolute Gasteiger partial charge is 0.250 e. The van der Waals surface area contributed by atoms with Crippen molar-refractivity contribution in [3.05, 3.63) is 64.2 Å². The van der Waals surface area contributed by atoms with Gasteiger partial charge < -0.3 is 10.7 Å². The number of aromatic amines is 1. The molecule has 0 fully saturated rings. The quantitative estimate of drug-likeness (QED) is 0.751. The number of aryl methyl sites for hydroxylation is 1. The molecule has 0 aliphatic heterocycles. The van der Waals surface area contributed by atoms with E-state index < -0.39 is 5.91 Å². The molecule has 0 saturated carbocycles. The maximum Gasteiger partial charge on any atom is 0.250 e. The van der Waals surface area contributed by atoms with Gasteiger partial charge in [-0.3, -0.25) is 14.6 Å². The van der Waals surface area contributed by atoms with Crippen LogP contribution in [0.1, 0.15) is 15.9 Å². The SMILES string of the molecule is Cc1cc(=O)[nH]c2ccc(-c3ccncc3C(N)=O)cc12. The van der Waals surface area contributed by atoms with Crippen molar-refractivity contribution in [2.24, 2.45) is 5.73 Å². The average molecular weight is 279 g/mol. The van der Waals surface area contributed by atoms with Gasteiger partial charge in [0.15, 0.2) is 0 Å². The molecule has 104 valence electrons. The summed E-state index contributed by atoms with van der Waals surface area (Å²) >= 11 is 0. The summed E-state index contributed by atoms with van der Waals surface area (Å²) in [7, 11) is 0. The lowest BCUT2D eigenvalue weighted by atomic mass is 9.98. The van der Waals surface area contributed by atoms with Crippen LogP contribution in [-0.2, 0) is 0 Å². The zero-order chi connectivity index (χ0) is 15.0. The zero-order valence-electron chi connectivity index (χ0n) is 11.4. The van der Waals surface area contributed by atoms with Crippen LogP contribution in [-0.4, -0.2) is 15.9 Å². The number of rotatable bonds is 2. The normalized spacial score (nSPS) is 10.7. The van der Waals surface area contributed by atoms with Crippen LogP contribution in [0.5, 0.6) is 0 Å². The van der Waals surface area contributed by atoms with E-state index in [-0.39, 0.29) is 5.56 Å². The van der Waals surface area contributed by atoms with Gasteiger partial charge >= 0.3 is 0 Å². The maximum absolute atomic E-state index is 11.5. The van der Waals surface area contributed by atoms with Crippen LogP contribution in [0.2, 0.25) is 0 Å². The molecule has 0 bridgehead atoms. The molecular formula is C16H13N3O2. The summed E-state index contributed by atoms with van der Waals surface area (Å²) in [6, 6.07) is 8.90. The first-order valence-corrected chi connectivity index (χ1v) is 6.44. The number of benzene rings is 1. The largest absolute Gasteiger partial charge is 0.366 e. The first kappa shape index (κ1) is 13.1. The minimum Gasteiger partial charge on any atom is -0.366 e. The molecule has 5 nitrogen and oxygen atoms in total. The fraction of sp³-hybridized carbons (Fsp3) is 0.0625. The Labute approximate surface area is 120 Å². The Balaban J connectivity index is 2.27. The van der Waals surface area contributed by atoms with Gasteiger partial charge in [-0.05, 0) is 41.8 Å². The summed E-state index contributed by atoms with van der Waals surface area (Å²) in [5.74, 6) is -0.517. The van der Waals surface area contributed by atoms with E-state index in [0.717, 1.165) is 27.6 Å². The summed E-state index contributed by atoms with van der Waals surface area (Å²) in [6.45, 7) is 1.88.